The van der Waals surface area contributed by atoms with Crippen molar-refractivity contribution in [3.05, 3.63) is 17.3 Å². The van der Waals surface area contributed by atoms with E-state index in [0.717, 1.165) is 25.6 Å². The lowest BCUT2D eigenvalue weighted by molar-refractivity contribution is 0.0984. The molecule has 0 spiro atoms. The summed E-state index contributed by atoms with van der Waals surface area (Å²) in [6.07, 6.45) is 1.54. The lowest BCUT2D eigenvalue weighted by Gasteiger charge is -2.33. The van der Waals surface area contributed by atoms with Gasteiger partial charge in [-0.3, -0.25) is 0 Å². The molecule has 0 aromatic carbocycles. The summed E-state index contributed by atoms with van der Waals surface area (Å²) in [5, 5.41) is 8.50. The molecule has 2 rings (SSSR count). The molecule has 0 N–H and O–H groups in total. The zero-order valence-corrected chi connectivity index (χ0v) is 8.74. The van der Waals surface area contributed by atoms with Crippen LogP contribution in [0.15, 0.2) is 12.3 Å². The molecule has 1 saturated heterocycles. The summed E-state index contributed by atoms with van der Waals surface area (Å²) in [7, 11) is 0. The lowest BCUT2D eigenvalue weighted by Crippen LogP contribution is -2.44. The van der Waals surface area contributed by atoms with E-state index >= 15 is 0 Å². The number of rotatable bonds is 1. The molecule has 1 aliphatic heterocycles. The molecule has 1 atom stereocenters. The van der Waals surface area contributed by atoms with Crippen molar-refractivity contribution in [3.8, 4) is 0 Å². The van der Waals surface area contributed by atoms with Gasteiger partial charge in [0.15, 0.2) is 5.82 Å². The number of hydrogen-bond donors (Lipinski definition) is 0. The Morgan fingerprint density at radius 1 is 1.64 bits per heavy atom. The summed E-state index contributed by atoms with van der Waals surface area (Å²) >= 11 is 5.85. The number of halogens is 1. The van der Waals surface area contributed by atoms with Crippen molar-refractivity contribution < 1.29 is 4.74 Å². The number of anilines is 1. The van der Waals surface area contributed by atoms with E-state index in [1.54, 1.807) is 0 Å². The molecule has 14 heavy (non-hydrogen) atoms. The second-order valence-corrected chi connectivity index (χ2v) is 3.79. The number of ether oxygens (including phenoxy) is 1. The molecule has 1 aromatic heterocycles. The highest BCUT2D eigenvalue weighted by Crippen LogP contribution is 2.19. The lowest BCUT2D eigenvalue weighted by atomic mass is 10.2. The fourth-order valence-corrected chi connectivity index (χ4v) is 1.68. The average molecular weight is 214 g/mol. The summed E-state index contributed by atoms with van der Waals surface area (Å²) in [6.45, 7) is 4.41. The molecular weight excluding hydrogens is 202 g/mol. The highest BCUT2D eigenvalue weighted by Gasteiger charge is 2.20. The monoisotopic (exact) mass is 213 g/mol. The molecule has 1 aromatic rings. The molecule has 0 radical (unpaired) electrons. The second-order valence-electron chi connectivity index (χ2n) is 3.35. The van der Waals surface area contributed by atoms with Crippen molar-refractivity contribution >= 4 is 17.4 Å². The number of aromatic nitrogens is 2. The Balaban J connectivity index is 2.20. The van der Waals surface area contributed by atoms with Crippen molar-refractivity contribution in [3.63, 3.8) is 0 Å². The van der Waals surface area contributed by atoms with Gasteiger partial charge in [0.1, 0.15) is 0 Å². The quantitative estimate of drug-likeness (QED) is 0.706. The van der Waals surface area contributed by atoms with Crippen LogP contribution in [0.3, 0.4) is 0 Å². The number of morpholine rings is 1. The summed E-state index contributed by atoms with van der Waals surface area (Å²) < 4.78 is 5.34. The first kappa shape index (κ1) is 9.68. The predicted octanol–water partition coefficient (Wildman–Crippen LogP) is 1.36. The van der Waals surface area contributed by atoms with Gasteiger partial charge in [-0.1, -0.05) is 11.6 Å². The Labute approximate surface area is 87.8 Å². The van der Waals surface area contributed by atoms with Crippen LogP contribution in [-0.4, -0.2) is 36.0 Å². The molecule has 0 unspecified atom stereocenters. The van der Waals surface area contributed by atoms with Gasteiger partial charge < -0.3 is 9.64 Å². The van der Waals surface area contributed by atoms with E-state index in [4.69, 9.17) is 16.3 Å². The molecule has 0 aliphatic carbocycles. The van der Waals surface area contributed by atoms with E-state index in [-0.39, 0.29) is 0 Å². The summed E-state index contributed by atoms with van der Waals surface area (Å²) in [5.74, 6) is 0.827. The maximum absolute atomic E-state index is 5.85. The van der Waals surface area contributed by atoms with Gasteiger partial charge in [-0.2, -0.15) is 5.10 Å². The molecule has 1 aliphatic rings. The summed E-state index contributed by atoms with van der Waals surface area (Å²) in [6, 6.07) is 2.16. The van der Waals surface area contributed by atoms with Crippen LogP contribution in [-0.2, 0) is 4.74 Å². The van der Waals surface area contributed by atoms with Crippen molar-refractivity contribution in [1.82, 2.24) is 10.2 Å². The van der Waals surface area contributed by atoms with Gasteiger partial charge in [-0.15, -0.1) is 5.10 Å². The second kappa shape index (κ2) is 4.11. The van der Waals surface area contributed by atoms with Crippen molar-refractivity contribution in [2.24, 2.45) is 0 Å². The Morgan fingerprint density at radius 2 is 2.50 bits per heavy atom. The summed E-state index contributed by atoms with van der Waals surface area (Å²) in [4.78, 5) is 2.16. The zero-order chi connectivity index (χ0) is 9.97. The van der Waals surface area contributed by atoms with Gasteiger partial charge in [-0.05, 0) is 6.92 Å². The van der Waals surface area contributed by atoms with Crippen LogP contribution in [0.1, 0.15) is 6.92 Å². The smallest absolute Gasteiger partial charge is 0.153 e. The molecule has 76 valence electrons. The van der Waals surface area contributed by atoms with Crippen LogP contribution in [0.4, 0.5) is 5.82 Å². The largest absolute Gasteiger partial charge is 0.377 e. The minimum Gasteiger partial charge on any atom is -0.377 e. The van der Waals surface area contributed by atoms with E-state index in [2.05, 4.69) is 22.0 Å². The van der Waals surface area contributed by atoms with E-state index in [9.17, 15) is 0 Å². The minimum atomic E-state index is 0.330. The van der Waals surface area contributed by atoms with Gasteiger partial charge in [0.2, 0.25) is 0 Å². The summed E-state index contributed by atoms with van der Waals surface area (Å²) in [5.41, 5.74) is 0. The SMILES string of the molecule is C[C@@H]1COCCN1c1cc(Cl)cnn1. The highest BCUT2D eigenvalue weighted by atomic mass is 35.5. The molecule has 0 bridgehead atoms. The fraction of sp³-hybridized carbons (Fsp3) is 0.556. The van der Waals surface area contributed by atoms with Crippen LogP contribution < -0.4 is 4.90 Å². The molecule has 0 amide bonds. The third kappa shape index (κ3) is 1.96. The van der Waals surface area contributed by atoms with Crippen LogP contribution in [0.25, 0.3) is 0 Å². The maximum Gasteiger partial charge on any atom is 0.153 e. The molecule has 0 saturated carbocycles. The van der Waals surface area contributed by atoms with E-state index in [0.29, 0.717) is 11.1 Å². The normalized spacial score (nSPS) is 22.4. The van der Waals surface area contributed by atoms with Gasteiger partial charge in [0, 0.05) is 12.6 Å². The predicted molar refractivity (Wildman–Crippen MR) is 54.7 cm³/mol. The topological polar surface area (TPSA) is 38.2 Å². The number of nitrogens with zero attached hydrogens (tertiary/aromatic N) is 3. The Hall–Kier alpha value is -0.870. The standard InChI is InChI=1S/C9H12ClN3O/c1-7-6-14-3-2-13(7)9-4-8(10)5-11-12-9/h4-5,7H,2-3,6H2,1H3/t7-/m1/s1. The molecule has 1 fully saturated rings. The van der Waals surface area contributed by atoms with E-state index in [1.165, 1.54) is 6.20 Å². The molecule has 4 nitrogen and oxygen atoms in total. The molecule has 5 heteroatoms. The van der Waals surface area contributed by atoms with Crippen molar-refractivity contribution in [1.29, 1.82) is 0 Å². The van der Waals surface area contributed by atoms with Gasteiger partial charge >= 0.3 is 0 Å². The first-order valence-electron chi connectivity index (χ1n) is 4.60. The van der Waals surface area contributed by atoms with Crippen LogP contribution >= 0.6 is 11.6 Å². The van der Waals surface area contributed by atoms with E-state index in [1.807, 2.05) is 6.07 Å². The maximum atomic E-state index is 5.85. The Morgan fingerprint density at radius 3 is 3.21 bits per heavy atom. The fourth-order valence-electron chi connectivity index (χ4n) is 1.54. The van der Waals surface area contributed by atoms with E-state index < -0.39 is 0 Å². The third-order valence-electron chi connectivity index (χ3n) is 2.27. The van der Waals surface area contributed by atoms with Crippen LogP contribution in [0.5, 0.6) is 0 Å². The van der Waals surface area contributed by atoms with Crippen molar-refractivity contribution in [2.75, 3.05) is 24.7 Å². The number of hydrogen-bond acceptors (Lipinski definition) is 4. The minimum absolute atomic E-state index is 0.330. The third-order valence-corrected chi connectivity index (χ3v) is 2.48. The zero-order valence-electron chi connectivity index (χ0n) is 7.98. The van der Waals surface area contributed by atoms with Gasteiger partial charge in [0.05, 0.1) is 30.5 Å². The van der Waals surface area contributed by atoms with Gasteiger partial charge in [0.25, 0.3) is 0 Å². The van der Waals surface area contributed by atoms with Crippen molar-refractivity contribution in [2.45, 2.75) is 13.0 Å². The first-order valence-corrected chi connectivity index (χ1v) is 4.98. The van der Waals surface area contributed by atoms with Crippen LogP contribution in [0, 0.1) is 0 Å². The molecular formula is C9H12ClN3O. The van der Waals surface area contributed by atoms with Crippen LogP contribution in [0.2, 0.25) is 5.02 Å². The highest BCUT2D eigenvalue weighted by molar-refractivity contribution is 6.30. The van der Waals surface area contributed by atoms with Gasteiger partial charge in [-0.25, -0.2) is 0 Å². The Kier molecular flexibility index (Phi) is 2.84. The Bertz CT molecular complexity index is 321. The first-order chi connectivity index (χ1) is 6.77. The molecule has 2 heterocycles. The average Bonchev–Trinajstić information content (AvgIpc) is 2.18.